The highest BCUT2D eigenvalue weighted by Gasteiger charge is 2.29. The van der Waals surface area contributed by atoms with Gasteiger partial charge in [-0.25, -0.2) is 9.59 Å². The number of nitrogens with zero attached hydrogens (tertiary/aromatic N) is 2. The van der Waals surface area contributed by atoms with Crippen molar-refractivity contribution in [3.05, 3.63) is 77.1 Å². The Hall–Kier alpha value is -4.14. The number of amides is 2. The third kappa shape index (κ3) is 4.50. The number of carboxylic acid groups (broad SMARTS) is 1. The van der Waals surface area contributed by atoms with Gasteiger partial charge in [0.2, 0.25) is 0 Å². The van der Waals surface area contributed by atoms with Gasteiger partial charge in [-0.05, 0) is 28.7 Å². The van der Waals surface area contributed by atoms with Crippen molar-refractivity contribution in [2.75, 3.05) is 6.61 Å². The maximum Gasteiger partial charge on any atom is 0.407 e. The van der Waals surface area contributed by atoms with Gasteiger partial charge in [0.15, 0.2) is 0 Å². The minimum absolute atomic E-state index is 0.0110. The van der Waals surface area contributed by atoms with Gasteiger partial charge in [-0.1, -0.05) is 55.5 Å². The van der Waals surface area contributed by atoms with Crippen LogP contribution in [-0.2, 0) is 23.1 Å². The zero-order valence-corrected chi connectivity index (χ0v) is 18.9. The standard InChI is InChI=1S/C25H26N4O5/c1-3-21(24(31)32)28-23(30)22-15(13-27-29(22)2)12-26-25(33)34-14-20-18-10-6-4-8-16(18)17-9-5-7-11-19(17)20/h4-11,13,20-21H,3,12,14H2,1-2H3,(H,26,33)(H,28,30)(H,31,32)/t21-/m0/s1. The van der Waals surface area contributed by atoms with E-state index in [0.29, 0.717) is 5.56 Å². The molecule has 34 heavy (non-hydrogen) atoms. The Labute approximate surface area is 196 Å². The van der Waals surface area contributed by atoms with Gasteiger partial charge in [-0.3, -0.25) is 9.48 Å². The van der Waals surface area contributed by atoms with Crippen molar-refractivity contribution in [1.29, 1.82) is 0 Å². The molecule has 2 aromatic carbocycles. The summed E-state index contributed by atoms with van der Waals surface area (Å²) in [4.78, 5) is 36.3. The molecule has 176 valence electrons. The van der Waals surface area contributed by atoms with Gasteiger partial charge >= 0.3 is 12.1 Å². The number of hydrogen-bond acceptors (Lipinski definition) is 5. The third-order valence-electron chi connectivity index (χ3n) is 6.01. The maximum absolute atomic E-state index is 12.6. The number of carbonyl (C=O) groups excluding carboxylic acids is 2. The van der Waals surface area contributed by atoms with E-state index < -0.39 is 24.0 Å². The molecule has 0 saturated carbocycles. The summed E-state index contributed by atoms with van der Waals surface area (Å²) < 4.78 is 6.87. The lowest BCUT2D eigenvalue weighted by Crippen LogP contribution is -2.41. The number of alkyl carbamates (subject to hydrolysis) is 1. The van der Waals surface area contributed by atoms with Crippen LogP contribution >= 0.6 is 0 Å². The second kappa shape index (κ2) is 9.78. The number of carboxylic acids is 1. The van der Waals surface area contributed by atoms with Gasteiger partial charge in [-0.15, -0.1) is 0 Å². The topological polar surface area (TPSA) is 123 Å². The van der Waals surface area contributed by atoms with E-state index in [-0.39, 0.29) is 31.2 Å². The number of aromatic nitrogens is 2. The summed E-state index contributed by atoms with van der Waals surface area (Å²) in [7, 11) is 1.58. The van der Waals surface area contributed by atoms with Crippen LogP contribution in [0.5, 0.6) is 0 Å². The number of ether oxygens (including phenoxy) is 1. The Morgan fingerprint density at radius 2 is 1.71 bits per heavy atom. The van der Waals surface area contributed by atoms with E-state index in [1.807, 2.05) is 36.4 Å². The van der Waals surface area contributed by atoms with E-state index in [1.54, 1.807) is 14.0 Å². The van der Waals surface area contributed by atoms with Crippen LogP contribution in [0.25, 0.3) is 11.1 Å². The van der Waals surface area contributed by atoms with Gasteiger partial charge in [0.25, 0.3) is 5.91 Å². The monoisotopic (exact) mass is 462 g/mol. The molecule has 9 heteroatoms. The Morgan fingerprint density at radius 1 is 1.09 bits per heavy atom. The fourth-order valence-electron chi connectivity index (χ4n) is 4.29. The van der Waals surface area contributed by atoms with E-state index in [4.69, 9.17) is 4.74 Å². The minimum atomic E-state index is -1.11. The summed E-state index contributed by atoms with van der Waals surface area (Å²) >= 11 is 0. The molecule has 1 aliphatic carbocycles. The van der Waals surface area contributed by atoms with Crippen molar-refractivity contribution in [2.45, 2.75) is 31.8 Å². The van der Waals surface area contributed by atoms with Gasteiger partial charge in [0, 0.05) is 18.5 Å². The van der Waals surface area contributed by atoms with Crippen LogP contribution in [0.3, 0.4) is 0 Å². The molecule has 4 rings (SSSR count). The largest absolute Gasteiger partial charge is 0.480 e. The first-order valence-corrected chi connectivity index (χ1v) is 11.0. The van der Waals surface area contributed by atoms with Gasteiger partial charge < -0.3 is 20.5 Å². The minimum Gasteiger partial charge on any atom is -0.480 e. The van der Waals surface area contributed by atoms with Crippen LogP contribution in [-0.4, -0.2) is 45.5 Å². The van der Waals surface area contributed by atoms with Crippen LogP contribution in [0.15, 0.2) is 54.7 Å². The molecule has 0 unspecified atom stereocenters. The van der Waals surface area contributed by atoms with E-state index in [9.17, 15) is 19.5 Å². The molecule has 9 nitrogen and oxygen atoms in total. The Balaban J connectivity index is 1.39. The predicted molar refractivity (Wildman–Crippen MR) is 124 cm³/mol. The van der Waals surface area contributed by atoms with Gasteiger partial charge in [0.05, 0.1) is 12.7 Å². The smallest absolute Gasteiger partial charge is 0.407 e. The van der Waals surface area contributed by atoms with Crippen LogP contribution in [0.2, 0.25) is 0 Å². The quantitative estimate of drug-likeness (QED) is 0.473. The molecule has 1 atom stereocenters. The number of carbonyl (C=O) groups is 3. The Kier molecular flexibility index (Phi) is 6.62. The average Bonchev–Trinajstić information content (AvgIpc) is 3.37. The number of hydrogen-bond donors (Lipinski definition) is 3. The van der Waals surface area contributed by atoms with E-state index in [0.717, 1.165) is 22.3 Å². The van der Waals surface area contributed by atoms with Gasteiger partial charge in [0.1, 0.15) is 18.3 Å². The summed E-state index contributed by atoms with van der Waals surface area (Å²) in [6.45, 7) is 1.86. The van der Waals surface area contributed by atoms with Crippen LogP contribution in [0, 0.1) is 0 Å². The first-order valence-electron chi connectivity index (χ1n) is 11.0. The number of aliphatic carboxylic acids is 1. The zero-order chi connectivity index (χ0) is 24.2. The number of fused-ring (bicyclic) bond motifs is 3. The first-order chi connectivity index (χ1) is 16.4. The van der Waals surface area contributed by atoms with Crippen LogP contribution in [0.1, 0.15) is 46.4 Å². The number of aryl methyl sites for hydroxylation is 1. The van der Waals surface area contributed by atoms with Crippen molar-refractivity contribution in [2.24, 2.45) is 7.05 Å². The molecule has 1 aliphatic rings. The summed E-state index contributed by atoms with van der Waals surface area (Å²) in [5.74, 6) is -1.74. The van der Waals surface area contributed by atoms with Gasteiger partial charge in [-0.2, -0.15) is 5.10 Å². The molecule has 3 aromatic rings. The highest BCUT2D eigenvalue weighted by Crippen LogP contribution is 2.44. The van der Waals surface area contributed by atoms with Crippen molar-refractivity contribution >= 4 is 18.0 Å². The lowest BCUT2D eigenvalue weighted by Gasteiger charge is -2.15. The lowest BCUT2D eigenvalue weighted by atomic mass is 9.98. The van der Waals surface area contributed by atoms with Crippen molar-refractivity contribution in [3.63, 3.8) is 0 Å². The number of nitrogens with one attached hydrogen (secondary N) is 2. The molecular weight excluding hydrogens is 436 g/mol. The molecule has 0 fully saturated rings. The molecule has 0 bridgehead atoms. The predicted octanol–water partition coefficient (Wildman–Crippen LogP) is 3.05. The molecule has 3 N–H and O–H groups in total. The fourth-order valence-corrected chi connectivity index (χ4v) is 4.29. The molecule has 0 spiro atoms. The normalized spacial score (nSPS) is 13.0. The first kappa shape index (κ1) is 23.0. The molecule has 1 aromatic heterocycles. The second-order valence-electron chi connectivity index (χ2n) is 8.09. The van der Waals surface area contributed by atoms with Crippen LogP contribution < -0.4 is 10.6 Å². The Bertz CT molecular complexity index is 1190. The number of benzene rings is 2. The van der Waals surface area contributed by atoms with Crippen LogP contribution in [0.4, 0.5) is 4.79 Å². The summed E-state index contributed by atoms with van der Waals surface area (Å²) in [6.07, 6.45) is 1.08. The Morgan fingerprint density at radius 3 is 2.29 bits per heavy atom. The molecule has 1 heterocycles. The SMILES string of the molecule is CC[C@H](NC(=O)c1c(CNC(=O)OCC2c3ccccc3-c3ccccc32)cnn1C)C(=O)O. The van der Waals surface area contributed by atoms with Crippen molar-refractivity contribution in [1.82, 2.24) is 20.4 Å². The second-order valence-corrected chi connectivity index (χ2v) is 8.09. The highest BCUT2D eigenvalue weighted by atomic mass is 16.5. The summed E-state index contributed by atoms with van der Waals surface area (Å²) in [6, 6.07) is 15.1. The molecule has 0 aliphatic heterocycles. The highest BCUT2D eigenvalue weighted by molar-refractivity contribution is 5.96. The number of rotatable bonds is 8. The zero-order valence-electron chi connectivity index (χ0n) is 18.9. The molecule has 0 radical (unpaired) electrons. The fraction of sp³-hybridized carbons (Fsp3) is 0.280. The molecule has 2 amide bonds. The summed E-state index contributed by atoms with van der Waals surface area (Å²) in [5, 5.41) is 18.4. The molecule has 0 saturated heterocycles. The maximum atomic E-state index is 12.6. The van der Waals surface area contributed by atoms with E-state index >= 15 is 0 Å². The average molecular weight is 463 g/mol. The summed E-state index contributed by atoms with van der Waals surface area (Å²) in [5.41, 5.74) is 5.15. The van der Waals surface area contributed by atoms with E-state index in [1.165, 1.54) is 10.9 Å². The lowest BCUT2D eigenvalue weighted by molar-refractivity contribution is -0.139. The van der Waals surface area contributed by atoms with E-state index in [2.05, 4.69) is 27.9 Å². The van der Waals surface area contributed by atoms with Crippen molar-refractivity contribution in [3.8, 4) is 11.1 Å². The third-order valence-corrected chi connectivity index (χ3v) is 6.01. The van der Waals surface area contributed by atoms with Crippen molar-refractivity contribution < 1.29 is 24.2 Å². The molecular formula is C25H26N4O5.